The van der Waals surface area contributed by atoms with Crippen LogP contribution < -0.4 is 10.2 Å². The lowest BCUT2D eigenvalue weighted by Crippen LogP contribution is -2.56. The van der Waals surface area contributed by atoms with Crippen molar-refractivity contribution in [1.29, 1.82) is 0 Å². The van der Waals surface area contributed by atoms with Gasteiger partial charge in [-0.25, -0.2) is 15.0 Å². The Morgan fingerprint density at radius 1 is 0.971 bits per heavy atom. The Labute approximate surface area is 204 Å². The molecule has 4 heterocycles. The van der Waals surface area contributed by atoms with Gasteiger partial charge < -0.3 is 14.8 Å². The van der Waals surface area contributed by atoms with Crippen molar-refractivity contribution < 1.29 is 0 Å². The number of fused-ring (bicyclic) bond motifs is 1. The van der Waals surface area contributed by atoms with Crippen LogP contribution in [0.5, 0.6) is 0 Å². The van der Waals surface area contributed by atoms with Crippen LogP contribution in [0, 0.1) is 0 Å². The number of nitrogens with one attached hydrogen (secondary N) is 1. The van der Waals surface area contributed by atoms with E-state index in [1.807, 2.05) is 42.6 Å². The lowest BCUT2D eigenvalue weighted by molar-refractivity contribution is 0.757. The number of pyridine rings is 2. The van der Waals surface area contributed by atoms with Crippen molar-refractivity contribution in [3.63, 3.8) is 0 Å². The van der Waals surface area contributed by atoms with Crippen molar-refractivity contribution in [2.45, 2.75) is 23.5 Å². The van der Waals surface area contributed by atoms with Crippen LogP contribution >= 0.6 is 0 Å². The molecule has 34 heavy (non-hydrogen) atoms. The minimum absolute atomic E-state index is 0.0648. The average Bonchev–Trinajstić information content (AvgIpc) is 3.32. The maximum atomic E-state index is 4.72. The maximum Gasteiger partial charge on any atom is 0.130 e. The van der Waals surface area contributed by atoms with Crippen LogP contribution in [0.2, 0.25) is 0 Å². The number of hydrogen-bond donors (Lipinski definition) is 1. The first-order valence-electron chi connectivity index (χ1n) is 11.7. The summed E-state index contributed by atoms with van der Waals surface area (Å²) in [5.41, 5.74) is 4.01. The second kappa shape index (κ2) is 8.12. The van der Waals surface area contributed by atoms with E-state index in [1.54, 1.807) is 0 Å². The first-order valence-corrected chi connectivity index (χ1v) is 11.7. The van der Waals surface area contributed by atoms with E-state index >= 15 is 0 Å². The molecule has 4 aromatic rings. The van der Waals surface area contributed by atoms with Crippen LogP contribution in [-0.4, -0.2) is 61.6 Å². The highest BCUT2D eigenvalue weighted by Gasteiger charge is 2.44. The van der Waals surface area contributed by atoms with E-state index in [-0.39, 0.29) is 10.7 Å². The van der Waals surface area contributed by atoms with E-state index in [4.69, 9.17) is 4.98 Å². The van der Waals surface area contributed by atoms with Gasteiger partial charge in [-0.1, -0.05) is 18.7 Å². The Bertz CT molecular complexity index is 1380. The molecular weight excluding hydrogens is 416 g/mol. The van der Waals surface area contributed by atoms with Crippen LogP contribution in [-0.2, 0) is 7.05 Å². The molecule has 6 nitrogen and oxygen atoms in total. The summed E-state index contributed by atoms with van der Waals surface area (Å²) < 4.78 is 2.02. The predicted molar refractivity (Wildman–Crippen MR) is 152 cm³/mol. The zero-order valence-corrected chi connectivity index (χ0v) is 20.6. The molecule has 1 fully saturated rings. The quantitative estimate of drug-likeness (QED) is 0.457. The molecule has 3 aromatic heterocycles. The van der Waals surface area contributed by atoms with E-state index in [2.05, 4.69) is 88.5 Å². The van der Waals surface area contributed by atoms with Crippen LogP contribution in [0.15, 0.2) is 67.9 Å². The van der Waals surface area contributed by atoms with Gasteiger partial charge in [0.1, 0.15) is 43.0 Å². The number of rotatable bonds is 5. The molecule has 166 valence electrons. The summed E-state index contributed by atoms with van der Waals surface area (Å²) in [5.74, 6) is 1.75. The van der Waals surface area contributed by atoms with E-state index < -0.39 is 0 Å². The first-order chi connectivity index (χ1) is 16.1. The molecule has 1 saturated heterocycles. The van der Waals surface area contributed by atoms with Gasteiger partial charge in [-0.2, -0.15) is 0 Å². The van der Waals surface area contributed by atoms with E-state index in [0.717, 1.165) is 57.8 Å². The molecular formula is C24H28B4N6. The number of benzene rings is 1. The van der Waals surface area contributed by atoms with Gasteiger partial charge in [0, 0.05) is 41.7 Å². The summed E-state index contributed by atoms with van der Waals surface area (Å²) in [4.78, 5) is 16.0. The standard InChI is InChI=1S/C24H28B4N6/c1-15(16-5-8-30-22(11-16)34-23(25,26)6-7-24(34,27)28)32-21-10-19-9-17(3-4-18(19)12-31-21)20-13-29-14-33(20)2/h3-5,8-14H,1,6-7,25-28H2,2H3,(H,31,32). The lowest BCUT2D eigenvalue weighted by atomic mass is 9.58. The van der Waals surface area contributed by atoms with Gasteiger partial charge in [0.25, 0.3) is 0 Å². The zero-order valence-electron chi connectivity index (χ0n) is 20.6. The van der Waals surface area contributed by atoms with Gasteiger partial charge in [-0.15, -0.1) is 0 Å². The van der Waals surface area contributed by atoms with Crippen molar-refractivity contribution in [2.75, 3.05) is 10.2 Å². The monoisotopic (exact) mass is 444 g/mol. The van der Waals surface area contributed by atoms with Crippen LogP contribution in [0.4, 0.5) is 11.6 Å². The number of hydrogen-bond acceptors (Lipinski definition) is 5. The Morgan fingerprint density at radius 2 is 1.74 bits per heavy atom. The topological polar surface area (TPSA) is 58.9 Å². The Hall–Kier alpha value is -3.41. The number of anilines is 2. The largest absolute Gasteiger partial charge is 0.377 e. The van der Waals surface area contributed by atoms with Gasteiger partial charge in [0.05, 0.1) is 18.2 Å². The molecule has 10 heteroatoms. The SMILES string of the molecule is BC1(B)CCC(B)(B)N1c1cc(C(=C)Nc2cc3cc(-c4cncn4C)ccc3cn2)ccn1. The smallest absolute Gasteiger partial charge is 0.130 e. The minimum atomic E-state index is 0.0648. The predicted octanol–water partition coefficient (Wildman–Crippen LogP) is 0.553. The molecule has 0 bridgehead atoms. The van der Waals surface area contributed by atoms with E-state index in [0.29, 0.717) is 0 Å². The second-order valence-corrected chi connectivity index (χ2v) is 10.5. The molecule has 0 atom stereocenters. The summed E-state index contributed by atoms with van der Waals surface area (Å²) in [5, 5.41) is 5.74. The summed E-state index contributed by atoms with van der Waals surface area (Å²) in [6, 6.07) is 12.6. The molecule has 0 amide bonds. The van der Waals surface area contributed by atoms with Crippen molar-refractivity contribution in [1.82, 2.24) is 19.5 Å². The zero-order chi connectivity index (χ0) is 24.1. The first kappa shape index (κ1) is 22.4. The molecule has 0 radical (unpaired) electrons. The molecule has 1 N–H and O–H groups in total. The molecule has 0 aliphatic carbocycles. The molecule has 0 saturated carbocycles. The normalized spacial score (nSPS) is 16.6. The summed E-state index contributed by atoms with van der Waals surface area (Å²) in [7, 11) is 11.2. The molecule has 0 unspecified atom stereocenters. The fourth-order valence-electron chi connectivity index (χ4n) is 5.23. The number of aryl methyl sites for hydroxylation is 1. The average molecular weight is 444 g/mol. The highest BCUT2D eigenvalue weighted by atomic mass is 15.3. The third-order valence-electron chi connectivity index (χ3n) is 7.00. The fraction of sp³-hybridized carbons (Fsp3) is 0.208. The van der Waals surface area contributed by atoms with Gasteiger partial charge in [-0.3, -0.25) is 0 Å². The number of imidazole rings is 1. The second-order valence-electron chi connectivity index (χ2n) is 10.5. The van der Waals surface area contributed by atoms with Gasteiger partial charge in [0.2, 0.25) is 0 Å². The molecule has 0 spiro atoms. The van der Waals surface area contributed by atoms with Crippen LogP contribution in [0.3, 0.4) is 0 Å². The highest BCUT2D eigenvalue weighted by molar-refractivity contribution is 6.48. The van der Waals surface area contributed by atoms with E-state index in [9.17, 15) is 0 Å². The van der Waals surface area contributed by atoms with Crippen LogP contribution in [0.1, 0.15) is 18.4 Å². The van der Waals surface area contributed by atoms with E-state index in [1.165, 1.54) is 0 Å². The van der Waals surface area contributed by atoms with Crippen molar-refractivity contribution >= 4 is 59.5 Å². The number of nitrogens with zero attached hydrogens (tertiary/aromatic N) is 5. The van der Waals surface area contributed by atoms with Gasteiger partial charge in [0.15, 0.2) is 0 Å². The maximum absolute atomic E-state index is 4.72. The van der Waals surface area contributed by atoms with Gasteiger partial charge in [-0.05, 0) is 53.2 Å². The van der Waals surface area contributed by atoms with Crippen molar-refractivity contribution in [3.05, 3.63) is 73.5 Å². The minimum Gasteiger partial charge on any atom is -0.377 e. The Kier molecular flexibility index (Phi) is 5.34. The fourth-order valence-corrected chi connectivity index (χ4v) is 5.23. The Balaban J connectivity index is 1.42. The summed E-state index contributed by atoms with van der Waals surface area (Å²) >= 11 is 0. The molecule has 1 aliphatic rings. The summed E-state index contributed by atoms with van der Waals surface area (Å²) in [6.45, 7) is 4.30. The van der Waals surface area contributed by atoms with Crippen LogP contribution in [0.25, 0.3) is 27.7 Å². The molecule has 1 aromatic carbocycles. The van der Waals surface area contributed by atoms with Crippen molar-refractivity contribution in [2.24, 2.45) is 7.05 Å². The number of aromatic nitrogens is 4. The lowest BCUT2D eigenvalue weighted by Gasteiger charge is -2.43. The van der Waals surface area contributed by atoms with Gasteiger partial charge >= 0.3 is 0 Å². The van der Waals surface area contributed by atoms with Crippen molar-refractivity contribution in [3.8, 4) is 11.3 Å². The molecule has 1 aliphatic heterocycles. The third kappa shape index (κ3) is 4.02. The summed E-state index contributed by atoms with van der Waals surface area (Å²) in [6.07, 6.45) is 9.75. The molecule has 5 rings (SSSR count). The Morgan fingerprint density at radius 3 is 2.44 bits per heavy atom. The third-order valence-corrected chi connectivity index (χ3v) is 7.00. The highest BCUT2D eigenvalue weighted by Crippen LogP contribution is 2.38.